The number of benzene rings is 1. The van der Waals surface area contributed by atoms with Crippen LogP contribution in [0.15, 0.2) is 51.8 Å². The fourth-order valence-corrected chi connectivity index (χ4v) is 6.29. The van der Waals surface area contributed by atoms with Crippen LogP contribution in [0.25, 0.3) is 22.2 Å². The third kappa shape index (κ3) is 3.31. The summed E-state index contributed by atoms with van der Waals surface area (Å²) in [4.78, 5) is 18.5. The molecule has 5 heteroatoms. The van der Waals surface area contributed by atoms with Crippen LogP contribution in [0.4, 0.5) is 0 Å². The minimum Gasteiger partial charge on any atom is -0.507 e. The molecule has 2 fully saturated rings. The van der Waals surface area contributed by atoms with E-state index < -0.39 is 5.63 Å². The van der Waals surface area contributed by atoms with E-state index in [-0.39, 0.29) is 5.75 Å². The van der Waals surface area contributed by atoms with Gasteiger partial charge in [-0.3, -0.25) is 4.98 Å². The van der Waals surface area contributed by atoms with E-state index in [2.05, 4.69) is 25.8 Å². The molecule has 2 N–H and O–H groups in total. The number of nitrogens with one attached hydrogen (secondary N) is 1. The summed E-state index contributed by atoms with van der Waals surface area (Å²) in [7, 11) is 0. The number of likely N-dealkylation sites (tertiary alicyclic amines) is 1. The number of hydrogen-bond acceptors (Lipinski definition) is 4. The van der Waals surface area contributed by atoms with E-state index in [4.69, 9.17) is 4.42 Å². The molecule has 0 spiro atoms. The van der Waals surface area contributed by atoms with Crippen molar-refractivity contribution in [3.63, 3.8) is 0 Å². The van der Waals surface area contributed by atoms with E-state index >= 15 is 0 Å². The summed E-state index contributed by atoms with van der Waals surface area (Å²) in [5, 5.41) is 11.5. The average molecular weight is 406 g/mol. The number of aromatic nitrogens is 1. The molecule has 3 heterocycles. The third-order valence-electron chi connectivity index (χ3n) is 7.00. The number of fused-ring (bicyclic) bond motifs is 3. The molecule has 0 radical (unpaired) electrons. The smallest absolute Gasteiger partial charge is 0.345 e. The average Bonchev–Trinajstić information content (AvgIpc) is 2.92. The van der Waals surface area contributed by atoms with Crippen molar-refractivity contribution in [3.05, 3.63) is 58.6 Å². The van der Waals surface area contributed by atoms with E-state index in [9.17, 15) is 9.90 Å². The molecule has 1 aliphatic carbocycles. The summed E-state index contributed by atoms with van der Waals surface area (Å²) in [6.07, 6.45) is 5.32. The van der Waals surface area contributed by atoms with E-state index in [1.807, 2.05) is 24.3 Å². The lowest BCUT2D eigenvalue weighted by Gasteiger charge is -2.37. The Labute approximate surface area is 176 Å². The normalized spacial score (nSPS) is 27.4. The molecule has 3 atom stereocenters. The second-order valence-electron chi connectivity index (χ2n) is 10.4. The number of quaternary nitrogens is 1. The van der Waals surface area contributed by atoms with Gasteiger partial charge in [0.2, 0.25) is 0 Å². The standard InChI is InChI=1S/C25H28N2O3/c1-24(2)11-17-12-25(3,14-24)15-27(17)13-19-21(28)8-7-16-10-18(23(29)30-22(16)19)20-6-4-5-9-26-20/h4-10,17,28H,11-15H2,1-3H3/p+1/t17-,25-/m0/s1. The van der Waals surface area contributed by atoms with Crippen LogP contribution >= 0.6 is 0 Å². The zero-order valence-corrected chi connectivity index (χ0v) is 17.9. The Morgan fingerprint density at radius 2 is 2.03 bits per heavy atom. The predicted molar refractivity (Wildman–Crippen MR) is 116 cm³/mol. The first kappa shape index (κ1) is 19.3. The highest BCUT2D eigenvalue weighted by molar-refractivity contribution is 5.85. The fraction of sp³-hybridized carbons (Fsp3) is 0.440. The van der Waals surface area contributed by atoms with Gasteiger partial charge in [0.25, 0.3) is 0 Å². The Balaban J connectivity index is 1.55. The second-order valence-corrected chi connectivity index (χ2v) is 10.4. The Bertz CT molecular complexity index is 1170. The molecule has 156 valence electrons. The first-order valence-electron chi connectivity index (χ1n) is 10.8. The van der Waals surface area contributed by atoms with Crippen molar-refractivity contribution in [3.8, 4) is 17.0 Å². The predicted octanol–water partition coefficient (Wildman–Crippen LogP) is 3.54. The van der Waals surface area contributed by atoms with Crippen LogP contribution in [-0.4, -0.2) is 22.7 Å². The number of nitrogens with zero attached hydrogens (tertiary/aromatic N) is 1. The number of hydrogen-bond donors (Lipinski definition) is 2. The molecule has 1 unspecified atom stereocenters. The Morgan fingerprint density at radius 3 is 2.80 bits per heavy atom. The van der Waals surface area contributed by atoms with Gasteiger partial charge in [0.1, 0.15) is 12.3 Å². The Hall–Kier alpha value is -2.66. The van der Waals surface area contributed by atoms with Gasteiger partial charge in [-0.1, -0.05) is 26.8 Å². The zero-order chi connectivity index (χ0) is 21.1. The number of aromatic hydroxyl groups is 1. The molecule has 3 aromatic rings. The van der Waals surface area contributed by atoms with E-state index in [1.165, 1.54) is 24.2 Å². The quantitative estimate of drug-likeness (QED) is 0.654. The molecular weight excluding hydrogens is 376 g/mol. The van der Waals surface area contributed by atoms with Gasteiger partial charge in [-0.25, -0.2) is 4.79 Å². The number of phenolic OH excluding ortho intramolecular Hbond substituents is 1. The van der Waals surface area contributed by atoms with Crippen molar-refractivity contribution in [2.24, 2.45) is 10.8 Å². The van der Waals surface area contributed by atoms with Gasteiger partial charge in [-0.15, -0.1) is 0 Å². The van der Waals surface area contributed by atoms with Crippen LogP contribution in [0.1, 0.15) is 45.6 Å². The first-order chi connectivity index (χ1) is 14.2. The highest BCUT2D eigenvalue weighted by Crippen LogP contribution is 2.47. The molecule has 2 bridgehead atoms. The molecule has 1 aromatic carbocycles. The zero-order valence-electron chi connectivity index (χ0n) is 17.9. The molecule has 2 aliphatic rings. The maximum atomic E-state index is 12.8. The third-order valence-corrected chi connectivity index (χ3v) is 7.00. The molecule has 5 nitrogen and oxygen atoms in total. The van der Waals surface area contributed by atoms with Gasteiger partial charge in [0, 0.05) is 29.8 Å². The van der Waals surface area contributed by atoms with Crippen LogP contribution in [0.3, 0.4) is 0 Å². The summed E-state index contributed by atoms with van der Waals surface area (Å²) >= 11 is 0. The van der Waals surface area contributed by atoms with Crippen LogP contribution in [0, 0.1) is 10.8 Å². The van der Waals surface area contributed by atoms with Crippen LogP contribution in [0.5, 0.6) is 5.75 Å². The van der Waals surface area contributed by atoms with Crippen molar-refractivity contribution in [2.75, 3.05) is 6.54 Å². The molecule has 5 rings (SSSR count). The lowest BCUT2D eigenvalue weighted by atomic mass is 9.65. The summed E-state index contributed by atoms with van der Waals surface area (Å²) in [5.74, 6) is 0.203. The number of pyridine rings is 1. The van der Waals surface area contributed by atoms with Crippen LogP contribution < -0.4 is 10.5 Å². The maximum absolute atomic E-state index is 12.8. The first-order valence-corrected chi connectivity index (χ1v) is 10.8. The van der Waals surface area contributed by atoms with E-state index in [0.717, 1.165) is 17.5 Å². The van der Waals surface area contributed by atoms with Gasteiger partial charge >= 0.3 is 5.63 Å². The van der Waals surface area contributed by atoms with E-state index in [0.29, 0.717) is 40.3 Å². The topological polar surface area (TPSA) is 67.8 Å². The van der Waals surface area contributed by atoms with Gasteiger partial charge in [-0.2, -0.15) is 0 Å². The number of phenols is 1. The van der Waals surface area contributed by atoms with Gasteiger partial charge < -0.3 is 14.4 Å². The molecule has 1 aliphatic heterocycles. The van der Waals surface area contributed by atoms with Crippen molar-refractivity contribution in [1.29, 1.82) is 0 Å². The molecule has 0 amide bonds. The largest absolute Gasteiger partial charge is 0.507 e. The summed E-state index contributed by atoms with van der Waals surface area (Å²) in [6.45, 7) is 8.90. The lowest BCUT2D eigenvalue weighted by Crippen LogP contribution is -3.12. The highest BCUT2D eigenvalue weighted by Gasteiger charge is 2.52. The highest BCUT2D eigenvalue weighted by atomic mass is 16.4. The van der Waals surface area contributed by atoms with Crippen molar-refractivity contribution in [2.45, 2.75) is 52.6 Å². The summed E-state index contributed by atoms with van der Waals surface area (Å²) in [5.41, 5.74) is 2.55. The minimum atomic E-state index is -0.420. The molecule has 2 aromatic heterocycles. The molecule has 30 heavy (non-hydrogen) atoms. The molecule has 1 saturated heterocycles. The SMILES string of the molecule is CC1(C)C[C@H]2C[C@](C)(C[NH+]2Cc2c(O)ccc3cc(-c4ccccn4)c(=O)oc23)C1. The Morgan fingerprint density at radius 1 is 1.20 bits per heavy atom. The molecular formula is C25H29N2O3+. The number of rotatable bonds is 3. The lowest BCUT2D eigenvalue weighted by molar-refractivity contribution is -0.928. The van der Waals surface area contributed by atoms with Crippen LogP contribution in [0.2, 0.25) is 0 Å². The van der Waals surface area contributed by atoms with Gasteiger partial charge in [0.05, 0.1) is 29.4 Å². The monoisotopic (exact) mass is 405 g/mol. The Kier molecular flexibility index (Phi) is 4.30. The maximum Gasteiger partial charge on any atom is 0.345 e. The fourth-order valence-electron chi connectivity index (χ4n) is 6.29. The van der Waals surface area contributed by atoms with E-state index in [1.54, 1.807) is 18.3 Å². The summed E-state index contributed by atoms with van der Waals surface area (Å²) in [6, 6.07) is 11.4. The van der Waals surface area contributed by atoms with Gasteiger partial charge in [-0.05, 0) is 42.2 Å². The molecule has 1 saturated carbocycles. The van der Waals surface area contributed by atoms with Crippen molar-refractivity contribution >= 4 is 11.0 Å². The van der Waals surface area contributed by atoms with Crippen molar-refractivity contribution < 1.29 is 14.4 Å². The van der Waals surface area contributed by atoms with Crippen LogP contribution in [-0.2, 0) is 6.54 Å². The minimum absolute atomic E-state index is 0.203. The van der Waals surface area contributed by atoms with Gasteiger partial charge in [0.15, 0.2) is 5.58 Å². The van der Waals surface area contributed by atoms with Crippen molar-refractivity contribution in [1.82, 2.24) is 4.98 Å². The second kappa shape index (κ2) is 6.67. The summed E-state index contributed by atoms with van der Waals surface area (Å²) < 4.78 is 5.78.